The molecule has 3 aliphatic carbocycles. The van der Waals surface area contributed by atoms with Gasteiger partial charge in [0.1, 0.15) is 0 Å². The molecule has 3 saturated carbocycles. The number of aliphatic hydroxyl groups excluding tert-OH is 1. The lowest BCUT2D eigenvalue weighted by molar-refractivity contribution is 0.0149. The van der Waals surface area contributed by atoms with Crippen molar-refractivity contribution in [2.45, 2.75) is 44.1 Å². The summed E-state index contributed by atoms with van der Waals surface area (Å²) in [6.45, 7) is 0.338. The number of aliphatic hydroxyl groups is 1. The molecule has 0 spiro atoms. The zero-order valence-corrected chi connectivity index (χ0v) is 8.13. The van der Waals surface area contributed by atoms with Crippen LogP contribution in [0.25, 0.3) is 0 Å². The maximum absolute atomic E-state index is 9.63. The molecule has 0 aromatic rings. The fourth-order valence-electron chi connectivity index (χ4n) is 4.68. The third kappa shape index (κ3) is 0.701. The molecule has 2 bridgehead atoms. The molecule has 0 amide bonds. The average Bonchev–Trinajstić information content (AvgIpc) is 2.72. The van der Waals surface area contributed by atoms with Crippen molar-refractivity contribution in [2.75, 3.05) is 6.61 Å². The first-order valence-electron chi connectivity index (χ1n) is 5.63. The van der Waals surface area contributed by atoms with Crippen LogP contribution in [0.4, 0.5) is 0 Å². The normalized spacial score (nSPS) is 58.6. The highest BCUT2D eigenvalue weighted by atomic mass is 16.3. The maximum Gasteiger partial charge on any atom is 0.0507 e. The highest BCUT2D eigenvalue weighted by Gasteiger charge is 2.66. The quantitative estimate of drug-likeness (QED) is 0.640. The molecule has 74 valence electrons. The third-order valence-corrected chi connectivity index (χ3v) is 5.37. The predicted molar refractivity (Wildman–Crippen MR) is 51.1 cm³/mol. The Morgan fingerprint density at radius 3 is 2.69 bits per heavy atom. The molecule has 3 N–H and O–H groups in total. The summed E-state index contributed by atoms with van der Waals surface area (Å²) in [7, 11) is 0. The first-order valence-corrected chi connectivity index (χ1v) is 5.63. The largest absolute Gasteiger partial charge is 0.396 e. The second kappa shape index (κ2) is 2.29. The third-order valence-electron chi connectivity index (χ3n) is 5.37. The van der Waals surface area contributed by atoms with Gasteiger partial charge < -0.3 is 10.8 Å². The molecule has 3 fully saturated rings. The number of rotatable bonds is 1. The Morgan fingerprint density at radius 2 is 2.00 bits per heavy atom. The Bertz CT molecular complexity index is 242. The molecule has 4 unspecified atom stereocenters. The van der Waals surface area contributed by atoms with Gasteiger partial charge in [-0.2, -0.15) is 0 Å². The molecule has 0 saturated heterocycles. The van der Waals surface area contributed by atoms with Crippen LogP contribution in [0.3, 0.4) is 0 Å². The van der Waals surface area contributed by atoms with Crippen LogP contribution in [-0.2, 0) is 0 Å². The van der Waals surface area contributed by atoms with Crippen LogP contribution < -0.4 is 5.73 Å². The van der Waals surface area contributed by atoms with Crippen LogP contribution >= 0.6 is 0 Å². The van der Waals surface area contributed by atoms with Gasteiger partial charge in [0.2, 0.25) is 0 Å². The topological polar surface area (TPSA) is 46.2 Å². The van der Waals surface area contributed by atoms with Gasteiger partial charge in [0.25, 0.3) is 0 Å². The average molecular weight is 181 g/mol. The van der Waals surface area contributed by atoms with Crippen LogP contribution in [0.15, 0.2) is 0 Å². The summed E-state index contributed by atoms with van der Waals surface area (Å²) in [5, 5.41) is 9.63. The molecular formula is C11H19NO. The van der Waals surface area contributed by atoms with Crippen LogP contribution in [0.2, 0.25) is 0 Å². The molecule has 3 aliphatic rings. The monoisotopic (exact) mass is 181 g/mol. The Balaban J connectivity index is 2.07. The Hall–Kier alpha value is -0.0800. The van der Waals surface area contributed by atoms with Crippen molar-refractivity contribution < 1.29 is 5.11 Å². The molecule has 0 aliphatic heterocycles. The highest BCUT2D eigenvalue weighted by molar-refractivity contribution is 5.20. The van der Waals surface area contributed by atoms with E-state index in [4.69, 9.17) is 5.73 Å². The zero-order chi connectivity index (χ0) is 9.10. The van der Waals surface area contributed by atoms with E-state index in [2.05, 4.69) is 0 Å². The van der Waals surface area contributed by atoms with E-state index in [1.165, 1.54) is 32.1 Å². The van der Waals surface area contributed by atoms with Crippen molar-refractivity contribution in [1.29, 1.82) is 0 Å². The van der Waals surface area contributed by atoms with Crippen molar-refractivity contribution in [3.8, 4) is 0 Å². The van der Waals surface area contributed by atoms with Crippen LogP contribution in [0, 0.1) is 17.3 Å². The van der Waals surface area contributed by atoms with Crippen molar-refractivity contribution in [2.24, 2.45) is 23.0 Å². The van der Waals surface area contributed by atoms with E-state index in [1.807, 2.05) is 0 Å². The standard InChI is InChI=1S/C11H19NO/c12-11-5-1-4-10(11,7-13)8-2-3-9(11)6-8/h8-9,13H,1-7,12H2. The molecular weight excluding hydrogens is 162 g/mol. The number of hydrogen-bond acceptors (Lipinski definition) is 2. The van der Waals surface area contributed by atoms with Gasteiger partial charge in [0, 0.05) is 11.0 Å². The fourth-order valence-corrected chi connectivity index (χ4v) is 4.68. The van der Waals surface area contributed by atoms with Crippen molar-refractivity contribution in [3.05, 3.63) is 0 Å². The van der Waals surface area contributed by atoms with Gasteiger partial charge in [-0.3, -0.25) is 0 Å². The minimum atomic E-state index is 0.0185. The van der Waals surface area contributed by atoms with E-state index < -0.39 is 0 Å². The van der Waals surface area contributed by atoms with Crippen molar-refractivity contribution in [1.82, 2.24) is 0 Å². The molecule has 2 nitrogen and oxygen atoms in total. The van der Waals surface area contributed by atoms with Crippen LogP contribution in [-0.4, -0.2) is 17.3 Å². The minimum Gasteiger partial charge on any atom is -0.396 e. The molecule has 0 heterocycles. The first kappa shape index (κ1) is 8.25. The minimum absolute atomic E-state index is 0.0185. The number of nitrogens with two attached hydrogens (primary N) is 1. The highest BCUT2D eigenvalue weighted by Crippen LogP contribution is 2.66. The summed E-state index contributed by atoms with van der Waals surface area (Å²) >= 11 is 0. The second-order valence-corrected chi connectivity index (χ2v) is 5.42. The lowest BCUT2D eigenvalue weighted by atomic mass is 9.64. The number of hydrogen-bond donors (Lipinski definition) is 2. The molecule has 0 aromatic carbocycles. The van der Waals surface area contributed by atoms with Gasteiger partial charge in [-0.15, -0.1) is 0 Å². The van der Waals surface area contributed by atoms with Crippen LogP contribution in [0.1, 0.15) is 38.5 Å². The Kier molecular flexibility index (Phi) is 1.45. The Labute approximate surface area is 79.5 Å². The van der Waals surface area contributed by atoms with E-state index in [-0.39, 0.29) is 11.0 Å². The predicted octanol–water partition coefficient (Wildman–Crippen LogP) is 1.28. The zero-order valence-electron chi connectivity index (χ0n) is 8.13. The van der Waals surface area contributed by atoms with Gasteiger partial charge in [0.05, 0.1) is 6.61 Å². The lowest BCUT2D eigenvalue weighted by Crippen LogP contribution is -2.57. The van der Waals surface area contributed by atoms with Gasteiger partial charge in [0.15, 0.2) is 0 Å². The smallest absolute Gasteiger partial charge is 0.0507 e. The van der Waals surface area contributed by atoms with Crippen molar-refractivity contribution in [3.63, 3.8) is 0 Å². The summed E-state index contributed by atoms with van der Waals surface area (Å²) in [6, 6.07) is 0. The van der Waals surface area contributed by atoms with E-state index >= 15 is 0 Å². The van der Waals surface area contributed by atoms with E-state index in [9.17, 15) is 5.11 Å². The van der Waals surface area contributed by atoms with E-state index in [0.717, 1.165) is 18.3 Å². The number of fused-ring (bicyclic) bond motifs is 5. The molecule has 0 radical (unpaired) electrons. The summed E-state index contributed by atoms with van der Waals surface area (Å²) in [4.78, 5) is 0. The molecule has 4 atom stereocenters. The van der Waals surface area contributed by atoms with Gasteiger partial charge in [-0.1, -0.05) is 6.42 Å². The second-order valence-electron chi connectivity index (χ2n) is 5.42. The summed E-state index contributed by atoms with van der Waals surface area (Å²) in [6.07, 6.45) is 7.53. The first-order chi connectivity index (χ1) is 6.23. The fraction of sp³-hybridized carbons (Fsp3) is 1.00. The molecule has 0 aromatic heterocycles. The van der Waals surface area contributed by atoms with Gasteiger partial charge >= 0.3 is 0 Å². The van der Waals surface area contributed by atoms with E-state index in [0.29, 0.717) is 6.61 Å². The SMILES string of the molecule is NC12CCCC1(CO)C1CCC2C1. The summed E-state index contributed by atoms with van der Waals surface area (Å²) < 4.78 is 0. The molecule has 2 heteroatoms. The summed E-state index contributed by atoms with van der Waals surface area (Å²) in [5.74, 6) is 1.47. The van der Waals surface area contributed by atoms with Crippen LogP contribution in [0.5, 0.6) is 0 Å². The molecule has 3 rings (SSSR count). The lowest BCUT2D eigenvalue weighted by Gasteiger charge is -2.46. The van der Waals surface area contributed by atoms with Gasteiger partial charge in [-0.05, 0) is 43.9 Å². The molecule has 13 heavy (non-hydrogen) atoms. The maximum atomic E-state index is 9.63. The summed E-state index contributed by atoms with van der Waals surface area (Å²) in [5.41, 5.74) is 6.69. The Morgan fingerprint density at radius 1 is 1.23 bits per heavy atom. The van der Waals surface area contributed by atoms with Crippen molar-refractivity contribution >= 4 is 0 Å². The van der Waals surface area contributed by atoms with E-state index in [1.54, 1.807) is 0 Å². The van der Waals surface area contributed by atoms with Gasteiger partial charge in [-0.25, -0.2) is 0 Å².